The van der Waals surface area contributed by atoms with Gasteiger partial charge in [0, 0.05) is 11.4 Å². The highest BCUT2D eigenvalue weighted by atomic mass is 35.5. The van der Waals surface area contributed by atoms with Gasteiger partial charge in [-0.3, -0.25) is 0 Å². The number of aryl methyl sites for hydroxylation is 2. The monoisotopic (exact) mass is 236 g/mol. The van der Waals surface area contributed by atoms with Crippen LogP contribution in [0.5, 0.6) is 0 Å². The van der Waals surface area contributed by atoms with Crippen LogP contribution in [0.15, 0.2) is 24.3 Å². The Morgan fingerprint density at radius 2 is 2.00 bits per heavy atom. The van der Waals surface area contributed by atoms with Gasteiger partial charge in [0.2, 0.25) is 5.82 Å². The predicted octanol–water partition coefficient (Wildman–Crippen LogP) is 2.28. The molecule has 5 heteroatoms. The van der Waals surface area contributed by atoms with Crippen molar-refractivity contribution in [2.24, 2.45) is 0 Å². The Morgan fingerprint density at radius 3 is 2.69 bits per heavy atom. The summed E-state index contributed by atoms with van der Waals surface area (Å²) in [5.74, 6) is 1.27. The van der Waals surface area contributed by atoms with Crippen LogP contribution < -0.4 is 0 Å². The minimum atomic E-state index is 0.613. The van der Waals surface area contributed by atoms with E-state index in [0.29, 0.717) is 18.2 Å². The molecule has 0 bridgehead atoms. The van der Waals surface area contributed by atoms with E-state index >= 15 is 0 Å². The van der Waals surface area contributed by atoms with Crippen LogP contribution in [0.3, 0.4) is 0 Å². The van der Waals surface area contributed by atoms with E-state index < -0.39 is 0 Å². The maximum Gasteiger partial charge on any atom is 0.204 e. The van der Waals surface area contributed by atoms with Crippen molar-refractivity contribution in [3.8, 4) is 11.4 Å². The smallest absolute Gasteiger partial charge is 0.164 e. The summed E-state index contributed by atoms with van der Waals surface area (Å²) >= 11 is 5.60. The molecule has 0 radical (unpaired) electrons. The second kappa shape index (κ2) is 5.07. The molecule has 0 spiro atoms. The Labute approximate surface area is 99.2 Å². The molecule has 4 nitrogen and oxygen atoms in total. The lowest BCUT2D eigenvalue weighted by atomic mass is 10.1. The zero-order chi connectivity index (χ0) is 11.4. The van der Waals surface area contributed by atoms with Crippen LogP contribution >= 0.6 is 11.6 Å². The Kier molecular flexibility index (Phi) is 3.51. The highest BCUT2D eigenvalue weighted by molar-refractivity contribution is 6.17. The molecule has 2 rings (SSSR count). The fourth-order valence-corrected chi connectivity index (χ4v) is 1.48. The lowest BCUT2D eigenvalue weighted by Crippen LogP contribution is -2.02. The van der Waals surface area contributed by atoms with Gasteiger partial charge >= 0.3 is 0 Å². The molecule has 16 heavy (non-hydrogen) atoms. The fourth-order valence-electron chi connectivity index (χ4n) is 1.36. The number of hydrogen-bond acceptors (Lipinski definition) is 3. The van der Waals surface area contributed by atoms with Crippen LogP contribution in [0.1, 0.15) is 12.0 Å². The minimum Gasteiger partial charge on any atom is -0.164 e. The number of nitrogens with zero attached hydrogens (tertiary/aromatic N) is 4. The van der Waals surface area contributed by atoms with Crippen molar-refractivity contribution in [2.75, 3.05) is 5.88 Å². The number of tetrazole rings is 1. The largest absolute Gasteiger partial charge is 0.204 e. The average Bonchev–Trinajstić information content (AvgIpc) is 2.76. The first kappa shape index (κ1) is 11.1. The molecule has 1 aromatic carbocycles. The highest BCUT2D eigenvalue weighted by Gasteiger charge is 2.04. The van der Waals surface area contributed by atoms with Crippen LogP contribution in [-0.2, 0) is 6.54 Å². The molecular formula is C11H13ClN4. The normalized spacial score (nSPS) is 10.6. The van der Waals surface area contributed by atoms with Crippen molar-refractivity contribution >= 4 is 11.6 Å². The molecule has 0 aliphatic rings. The van der Waals surface area contributed by atoms with Crippen molar-refractivity contribution in [1.82, 2.24) is 20.2 Å². The summed E-state index contributed by atoms with van der Waals surface area (Å²) in [6, 6.07) is 8.07. The molecule has 1 heterocycles. The maximum atomic E-state index is 5.60. The van der Waals surface area contributed by atoms with Crippen LogP contribution in [0, 0.1) is 6.92 Å². The first-order valence-corrected chi connectivity index (χ1v) is 5.74. The summed E-state index contributed by atoms with van der Waals surface area (Å²) in [4.78, 5) is 1.58. The van der Waals surface area contributed by atoms with Gasteiger partial charge in [0.15, 0.2) is 0 Å². The molecule has 0 saturated carbocycles. The molecule has 1 aromatic heterocycles. The second-order valence-electron chi connectivity index (χ2n) is 3.62. The van der Waals surface area contributed by atoms with Gasteiger partial charge in [-0.15, -0.1) is 21.8 Å². The van der Waals surface area contributed by atoms with Crippen molar-refractivity contribution < 1.29 is 0 Å². The molecule has 0 unspecified atom stereocenters. The summed E-state index contributed by atoms with van der Waals surface area (Å²) in [7, 11) is 0. The predicted molar refractivity (Wildman–Crippen MR) is 63.3 cm³/mol. The van der Waals surface area contributed by atoms with Crippen molar-refractivity contribution in [1.29, 1.82) is 0 Å². The van der Waals surface area contributed by atoms with Gasteiger partial charge in [0.25, 0.3) is 0 Å². The number of rotatable bonds is 4. The van der Waals surface area contributed by atoms with Crippen LogP contribution in [-0.4, -0.2) is 26.1 Å². The van der Waals surface area contributed by atoms with Crippen molar-refractivity contribution in [3.05, 3.63) is 29.8 Å². The zero-order valence-electron chi connectivity index (χ0n) is 9.10. The average molecular weight is 237 g/mol. The zero-order valence-corrected chi connectivity index (χ0v) is 9.85. The Bertz CT molecular complexity index is 449. The van der Waals surface area contributed by atoms with E-state index in [0.717, 1.165) is 12.0 Å². The molecular weight excluding hydrogens is 224 g/mol. The summed E-state index contributed by atoms with van der Waals surface area (Å²) in [6.07, 6.45) is 0.852. The summed E-state index contributed by atoms with van der Waals surface area (Å²) in [5, 5.41) is 12.3. The molecule has 0 atom stereocenters. The highest BCUT2D eigenvalue weighted by Crippen LogP contribution is 2.13. The molecule has 84 valence electrons. The van der Waals surface area contributed by atoms with E-state index in [1.807, 2.05) is 24.3 Å². The quantitative estimate of drug-likeness (QED) is 0.765. The number of hydrogen-bond donors (Lipinski definition) is 0. The molecule has 0 N–H and O–H groups in total. The van der Waals surface area contributed by atoms with Gasteiger partial charge in [-0.25, -0.2) is 0 Å². The van der Waals surface area contributed by atoms with Gasteiger partial charge < -0.3 is 0 Å². The maximum absolute atomic E-state index is 5.60. The number of alkyl halides is 1. The lowest BCUT2D eigenvalue weighted by molar-refractivity contribution is 0.516. The number of halogens is 1. The van der Waals surface area contributed by atoms with Crippen molar-refractivity contribution in [2.45, 2.75) is 19.9 Å². The van der Waals surface area contributed by atoms with Crippen LogP contribution in [0.4, 0.5) is 0 Å². The van der Waals surface area contributed by atoms with Crippen LogP contribution in [0.2, 0.25) is 0 Å². The molecule has 0 aliphatic carbocycles. The van der Waals surface area contributed by atoms with E-state index in [9.17, 15) is 0 Å². The van der Waals surface area contributed by atoms with Gasteiger partial charge in [-0.2, -0.15) is 4.80 Å². The van der Waals surface area contributed by atoms with Gasteiger partial charge in [-0.1, -0.05) is 29.8 Å². The third kappa shape index (κ3) is 2.58. The van der Waals surface area contributed by atoms with E-state index in [-0.39, 0.29) is 0 Å². The summed E-state index contributed by atoms with van der Waals surface area (Å²) in [5.41, 5.74) is 2.21. The Balaban J connectivity index is 2.15. The Morgan fingerprint density at radius 1 is 1.25 bits per heavy atom. The fraction of sp³-hybridized carbons (Fsp3) is 0.364. The topological polar surface area (TPSA) is 43.6 Å². The molecule has 0 saturated heterocycles. The number of aromatic nitrogens is 4. The first-order chi connectivity index (χ1) is 7.79. The molecule has 0 fully saturated rings. The van der Waals surface area contributed by atoms with Gasteiger partial charge in [0.05, 0.1) is 6.54 Å². The summed E-state index contributed by atoms with van der Waals surface area (Å²) in [6.45, 7) is 2.76. The summed E-state index contributed by atoms with van der Waals surface area (Å²) < 4.78 is 0. The Hall–Kier alpha value is -1.42. The van der Waals surface area contributed by atoms with E-state index in [4.69, 9.17) is 11.6 Å². The van der Waals surface area contributed by atoms with Gasteiger partial charge in [0.1, 0.15) is 0 Å². The van der Waals surface area contributed by atoms with Crippen LogP contribution in [0.25, 0.3) is 11.4 Å². The third-order valence-electron chi connectivity index (χ3n) is 2.25. The second-order valence-corrected chi connectivity index (χ2v) is 4.00. The van der Waals surface area contributed by atoms with E-state index in [1.54, 1.807) is 4.80 Å². The first-order valence-electron chi connectivity index (χ1n) is 5.20. The molecule has 0 aliphatic heterocycles. The molecule has 2 aromatic rings. The van der Waals surface area contributed by atoms with E-state index in [2.05, 4.69) is 22.3 Å². The lowest BCUT2D eigenvalue weighted by Gasteiger charge is -1.95. The standard InChI is InChI=1S/C11H13ClN4/c1-9-3-5-10(6-4-9)11-13-15-16(14-11)8-2-7-12/h3-6H,2,7-8H2,1H3. The minimum absolute atomic E-state index is 0.613. The van der Waals surface area contributed by atoms with Gasteiger partial charge in [-0.05, 0) is 18.6 Å². The third-order valence-corrected chi connectivity index (χ3v) is 2.52. The van der Waals surface area contributed by atoms with Crippen molar-refractivity contribution in [3.63, 3.8) is 0 Å². The number of benzene rings is 1. The van der Waals surface area contributed by atoms with E-state index in [1.165, 1.54) is 5.56 Å². The SMILES string of the molecule is Cc1ccc(-c2nnn(CCCCl)n2)cc1. The molecule has 0 amide bonds.